The Labute approximate surface area is 142 Å². The van der Waals surface area contributed by atoms with Gasteiger partial charge in [0, 0.05) is 45.8 Å². The van der Waals surface area contributed by atoms with Crippen LogP contribution < -0.4 is 10.9 Å². The lowest BCUT2D eigenvalue weighted by Gasteiger charge is -2.07. The molecule has 0 unspecified atom stereocenters. The van der Waals surface area contributed by atoms with Crippen molar-refractivity contribution in [2.45, 2.75) is 6.54 Å². The standard InChI is InChI=1S/C18H13ClN4O/c19-14-2-3-15-12(8-14)7-13(18(24)23-15)10-21-17-4-1-11-9-20-6-5-16(11)22-17/h1-9H,10H2,(H,21,22)(H,23,24). The van der Waals surface area contributed by atoms with Crippen molar-refractivity contribution in [1.82, 2.24) is 15.0 Å². The Hall–Kier alpha value is -2.92. The number of hydrogen-bond acceptors (Lipinski definition) is 4. The van der Waals surface area contributed by atoms with Crippen LogP contribution in [0.4, 0.5) is 5.82 Å². The maximum absolute atomic E-state index is 12.2. The van der Waals surface area contributed by atoms with Gasteiger partial charge in [-0.15, -0.1) is 0 Å². The van der Waals surface area contributed by atoms with Crippen LogP contribution in [0.15, 0.2) is 59.7 Å². The molecule has 3 heterocycles. The van der Waals surface area contributed by atoms with Gasteiger partial charge < -0.3 is 10.3 Å². The first-order chi connectivity index (χ1) is 11.7. The molecule has 0 atom stereocenters. The zero-order chi connectivity index (χ0) is 16.5. The summed E-state index contributed by atoms with van der Waals surface area (Å²) in [5.41, 5.74) is 2.13. The summed E-state index contributed by atoms with van der Waals surface area (Å²) in [4.78, 5) is 23.6. The average Bonchev–Trinajstić information content (AvgIpc) is 2.60. The molecule has 3 aromatic heterocycles. The lowest BCUT2D eigenvalue weighted by Crippen LogP contribution is -2.16. The smallest absolute Gasteiger partial charge is 0.253 e. The minimum Gasteiger partial charge on any atom is -0.366 e. The average molecular weight is 337 g/mol. The number of aromatic amines is 1. The van der Waals surface area contributed by atoms with Crippen molar-refractivity contribution < 1.29 is 0 Å². The number of anilines is 1. The molecule has 0 aliphatic rings. The molecular formula is C18H13ClN4O. The Morgan fingerprint density at radius 2 is 2.00 bits per heavy atom. The molecule has 118 valence electrons. The van der Waals surface area contributed by atoms with E-state index in [9.17, 15) is 4.79 Å². The highest BCUT2D eigenvalue weighted by Crippen LogP contribution is 2.18. The highest BCUT2D eigenvalue weighted by atomic mass is 35.5. The Morgan fingerprint density at radius 1 is 1.08 bits per heavy atom. The van der Waals surface area contributed by atoms with Gasteiger partial charge in [0.25, 0.3) is 5.56 Å². The Balaban J connectivity index is 1.63. The monoisotopic (exact) mass is 336 g/mol. The fraction of sp³-hybridized carbons (Fsp3) is 0.0556. The fourth-order valence-corrected chi connectivity index (χ4v) is 2.78. The SMILES string of the molecule is O=c1[nH]c2ccc(Cl)cc2cc1CNc1ccc2cnccc2n1. The van der Waals surface area contributed by atoms with Crippen molar-refractivity contribution in [3.05, 3.63) is 75.8 Å². The second kappa shape index (κ2) is 5.94. The van der Waals surface area contributed by atoms with Crippen molar-refractivity contribution in [1.29, 1.82) is 0 Å². The lowest BCUT2D eigenvalue weighted by atomic mass is 10.1. The van der Waals surface area contributed by atoms with Crippen LogP contribution in [0.5, 0.6) is 0 Å². The fourth-order valence-electron chi connectivity index (χ4n) is 2.60. The van der Waals surface area contributed by atoms with Crippen LogP contribution in [0.25, 0.3) is 21.8 Å². The molecule has 0 aliphatic heterocycles. The van der Waals surface area contributed by atoms with E-state index in [1.807, 2.05) is 30.3 Å². The van der Waals surface area contributed by atoms with Gasteiger partial charge in [-0.2, -0.15) is 0 Å². The van der Waals surface area contributed by atoms with E-state index in [2.05, 4.69) is 20.3 Å². The van der Waals surface area contributed by atoms with Gasteiger partial charge in [0.2, 0.25) is 0 Å². The third kappa shape index (κ3) is 2.81. The molecule has 0 amide bonds. The van der Waals surface area contributed by atoms with E-state index in [1.165, 1.54) is 0 Å². The van der Waals surface area contributed by atoms with Crippen molar-refractivity contribution >= 4 is 39.2 Å². The van der Waals surface area contributed by atoms with Crippen molar-refractivity contribution in [2.24, 2.45) is 0 Å². The molecule has 0 spiro atoms. The van der Waals surface area contributed by atoms with E-state index in [-0.39, 0.29) is 5.56 Å². The van der Waals surface area contributed by atoms with Gasteiger partial charge in [0.05, 0.1) is 5.52 Å². The van der Waals surface area contributed by atoms with Crippen molar-refractivity contribution in [3.63, 3.8) is 0 Å². The Kier molecular flexibility index (Phi) is 3.63. The number of nitrogens with zero attached hydrogens (tertiary/aromatic N) is 2. The van der Waals surface area contributed by atoms with E-state index < -0.39 is 0 Å². The number of fused-ring (bicyclic) bond motifs is 2. The van der Waals surface area contributed by atoms with Gasteiger partial charge in [-0.1, -0.05) is 11.6 Å². The van der Waals surface area contributed by atoms with Crippen LogP contribution in [-0.2, 0) is 6.54 Å². The van der Waals surface area contributed by atoms with Crippen LogP contribution in [0, 0.1) is 0 Å². The molecule has 5 nitrogen and oxygen atoms in total. The van der Waals surface area contributed by atoms with Crippen LogP contribution in [-0.4, -0.2) is 15.0 Å². The first-order valence-corrected chi connectivity index (χ1v) is 7.83. The lowest BCUT2D eigenvalue weighted by molar-refractivity contribution is 1.07. The topological polar surface area (TPSA) is 70.7 Å². The summed E-state index contributed by atoms with van der Waals surface area (Å²) in [6, 6.07) is 12.9. The number of aromatic nitrogens is 3. The number of nitrogens with one attached hydrogen (secondary N) is 2. The summed E-state index contributed by atoms with van der Waals surface area (Å²) in [5.74, 6) is 0.708. The summed E-state index contributed by atoms with van der Waals surface area (Å²) < 4.78 is 0. The number of pyridine rings is 3. The quantitative estimate of drug-likeness (QED) is 0.598. The minimum atomic E-state index is -0.123. The van der Waals surface area contributed by atoms with E-state index in [0.717, 1.165) is 21.8 Å². The molecule has 0 radical (unpaired) electrons. The van der Waals surface area contributed by atoms with E-state index >= 15 is 0 Å². The molecule has 1 aromatic carbocycles. The molecule has 0 fully saturated rings. The number of hydrogen-bond donors (Lipinski definition) is 2. The predicted octanol–water partition coefficient (Wildman–Crippen LogP) is 3.74. The molecule has 2 N–H and O–H groups in total. The number of H-pyrrole nitrogens is 1. The first kappa shape index (κ1) is 14.7. The molecule has 0 bridgehead atoms. The van der Waals surface area contributed by atoms with Gasteiger partial charge in [-0.25, -0.2) is 4.98 Å². The largest absolute Gasteiger partial charge is 0.366 e. The number of benzene rings is 1. The molecule has 0 saturated carbocycles. The molecule has 0 saturated heterocycles. The van der Waals surface area contributed by atoms with E-state index in [0.29, 0.717) is 22.9 Å². The Morgan fingerprint density at radius 3 is 2.92 bits per heavy atom. The maximum atomic E-state index is 12.2. The molecule has 24 heavy (non-hydrogen) atoms. The van der Waals surface area contributed by atoms with E-state index in [4.69, 9.17) is 11.6 Å². The molecule has 4 rings (SSSR count). The summed E-state index contributed by atoms with van der Waals surface area (Å²) in [6.07, 6.45) is 3.47. The third-order valence-electron chi connectivity index (χ3n) is 3.83. The second-order valence-corrected chi connectivity index (χ2v) is 5.91. The van der Waals surface area contributed by atoms with Crippen LogP contribution >= 0.6 is 11.6 Å². The highest BCUT2D eigenvalue weighted by molar-refractivity contribution is 6.31. The van der Waals surface area contributed by atoms with Crippen LogP contribution in [0.1, 0.15) is 5.56 Å². The van der Waals surface area contributed by atoms with Gasteiger partial charge in [0.15, 0.2) is 0 Å². The van der Waals surface area contributed by atoms with Gasteiger partial charge in [-0.3, -0.25) is 9.78 Å². The summed E-state index contributed by atoms with van der Waals surface area (Å²) in [5, 5.41) is 5.70. The highest BCUT2D eigenvalue weighted by Gasteiger charge is 2.05. The first-order valence-electron chi connectivity index (χ1n) is 7.45. The normalized spacial score (nSPS) is 11.0. The summed E-state index contributed by atoms with van der Waals surface area (Å²) in [6.45, 7) is 0.376. The maximum Gasteiger partial charge on any atom is 0.253 e. The van der Waals surface area contributed by atoms with Gasteiger partial charge >= 0.3 is 0 Å². The summed E-state index contributed by atoms with van der Waals surface area (Å²) in [7, 11) is 0. The number of rotatable bonds is 3. The Bertz CT molecular complexity index is 1110. The molecule has 0 aliphatic carbocycles. The summed E-state index contributed by atoms with van der Waals surface area (Å²) >= 11 is 6.02. The van der Waals surface area contributed by atoms with Gasteiger partial charge in [-0.05, 0) is 42.5 Å². The molecular weight excluding hydrogens is 324 g/mol. The second-order valence-electron chi connectivity index (χ2n) is 5.47. The van der Waals surface area contributed by atoms with Crippen molar-refractivity contribution in [3.8, 4) is 0 Å². The number of halogens is 1. The van der Waals surface area contributed by atoms with E-state index in [1.54, 1.807) is 24.5 Å². The minimum absolute atomic E-state index is 0.123. The zero-order valence-corrected chi connectivity index (χ0v) is 13.3. The molecule has 4 aromatic rings. The predicted molar refractivity (Wildman–Crippen MR) is 96.4 cm³/mol. The zero-order valence-electron chi connectivity index (χ0n) is 12.6. The third-order valence-corrected chi connectivity index (χ3v) is 4.07. The van der Waals surface area contributed by atoms with Crippen LogP contribution in [0.2, 0.25) is 5.02 Å². The van der Waals surface area contributed by atoms with Gasteiger partial charge in [0.1, 0.15) is 5.82 Å². The van der Waals surface area contributed by atoms with Crippen LogP contribution in [0.3, 0.4) is 0 Å². The van der Waals surface area contributed by atoms with Crippen molar-refractivity contribution in [2.75, 3.05) is 5.32 Å². The molecule has 6 heteroatoms.